The molecule has 0 radical (unpaired) electrons. The van der Waals surface area contributed by atoms with E-state index in [1.54, 1.807) is 0 Å². The van der Waals surface area contributed by atoms with Gasteiger partial charge in [0.2, 0.25) is 0 Å². The van der Waals surface area contributed by atoms with Gasteiger partial charge in [0.1, 0.15) is 54.9 Å². The number of unbranched alkanes of at least 4 members (excludes halogenated alkanes) is 11. The van der Waals surface area contributed by atoms with Crippen LogP contribution in [0.15, 0.2) is 97.2 Å². The Labute approximate surface area is 426 Å². The maximum Gasteiger partial charge on any atom is 0.306 e. The molecular weight excluding hydrogens is 909 g/mol. The number of esters is 1. The summed E-state index contributed by atoms with van der Waals surface area (Å²) in [6.45, 7) is 3.41. The average molecular weight is 1000 g/mol. The molecule has 0 spiro atoms. The van der Waals surface area contributed by atoms with E-state index in [0.717, 1.165) is 109 Å². The Morgan fingerprint density at radius 1 is 0.479 bits per heavy atom. The molecule has 14 heteroatoms. The minimum Gasteiger partial charge on any atom is -0.457 e. The van der Waals surface area contributed by atoms with Crippen LogP contribution in [0, 0.1) is 0 Å². The second-order valence-corrected chi connectivity index (χ2v) is 18.3. The van der Waals surface area contributed by atoms with Gasteiger partial charge in [0.25, 0.3) is 0 Å². The number of hydrogen-bond donors (Lipinski definition) is 7. The number of aliphatic hydroxyl groups is 7. The van der Waals surface area contributed by atoms with Gasteiger partial charge in [0.15, 0.2) is 12.6 Å². The van der Waals surface area contributed by atoms with Crippen molar-refractivity contribution < 1.29 is 69.0 Å². The fourth-order valence-corrected chi connectivity index (χ4v) is 7.73. The quantitative estimate of drug-likeness (QED) is 0.0174. The molecule has 0 bridgehead atoms. The van der Waals surface area contributed by atoms with Crippen LogP contribution in [0.5, 0.6) is 0 Å². The standard InChI is InChI=1S/C57H94O14/c1-3-5-7-9-11-13-15-17-19-20-21-22-23-24-25-27-29-31-33-35-37-39-41-66-43-46(69-49(59)40-38-36-34-32-30-28-26-18-16-14-12-10-8-6-4-2)44-67-56-55(65)53(63)51(61)48(71-56)45-68-57-54(64)52(62)50(60)47(42-58)70-57/h5,7,11-14,17-19,21-22,24-26,29,31,46-48,50-58,60-65H,3-4,6,8-10,15-16,20,23,27-28,30,32-45H2,1-2H3/b7-5-,13-11-,14-12-,19-17-,22-21-,25-24-,26-18-,31-29-. The largest absolute Gasteiger partial charge is 0.457 e. The molecule has 14 nitrogen and oxygen atoms in total. The Bertz CT molecular complexity index is 1540. The van der Waals surface area contributed by atoms with Crippen LogP contribution in [-0.4, -0.2) is 142 Å². The first-order valence-corrected chi connectivity index (χ1v) is 26.8. The molecule has 0 amide bonds. The summed E-state index contributed by atoms with van der Waals surface area (Å²) in [6, 6.07) is 0. The monoisotopic (exact) mass is 1000 g/mol. The fraction of sp³-hybridized carbons (Fsp3) is 0.702. The Hall–Kier alpha value is -3.09. The molecule has 7 N–H and O–H groups in total. The summed E-state index contributed by atoms with van der Waals surface area (Å²) in [5.41, 5.74) is 0. The molecule has 406 valence electrons. The molecule has 2 heterocycles. The summed E-state index contributed by atoms with van der Waals surface area (Å²) in [7, 11) is 0. The molecule has 2 saturated heterocycles. The Kier molecular flexibility index (Phi) is 39.1. The van der Waals surface area contributed by atoms with Crippen molar-refractivity contribution in [2.75, 3.05) is 33.0 Å². The molecule has 71 heavy (non-hydrogen) atoms. The van der Waals surface area contributed by atoms with Crippen molar-refractivity contribution in [3.63, 3.8) is 0 Å². The van der Waals surface area contributed by atoms with Crippen molar-refractivity contribution in [3.05, 3.63) is 97.2 Å². The lowest BCUT2D eigenvalue weighted by Gasteiger charge is -2.42. The number of aliphatic hydroxyl groups excluding tert-OH is 7. The first-order chi connectivity index (χ1) is 34.6. The number of carbonyl (C=O) groups is 1. The van der Waals surface area contributed by atoms with Crippen LogP contribution in [0.25, 0.3) is 0 Å². The predicted octanol–water partition coefficient (Wildman–Crippen LogP) is 8.63. The smallest absolute Gasteiger partial charge is 0.306 e. The van der Waals surface area contributed by atoms with E-state index in [9.17, 15) is 40.5 Å². The van der Waals surface area contributed by atoms with Crippen molar-refractivity contribution in [3.8, 4) is 0 Å². The van der Waals surface area contributed by atoms with Gasteiger partial charge in [-0.1, -0.05) is 150 Å². The lowest BCUT2D eigenvalue weighted by molar-refractivity contribution is -0.332. The molecule has 11 unspecified atom stereocenters. The maximum absolute atomic E-state index is 13.0. The molecule has 2 fully saturated rings. The SMILES string of the molecule is CC/C=C\C/C=C\C/C=C\C/C=C\C/C=C\C/C=C\CCCCCOCC(COC1OC(COC2OC(CO)C(O)C(O)C2O)C(O)C(O)C1O)OC(=O)CCCCCCC/C=C\C/C=C\CCCCC. The first kappa shape index (κ1) is 64.0. The zero-order valence-electron chi connectivity index (χ0n) is 43.2. The van der Waals surface area contributed by atoms with Gasteiger partial charge < -0.3 is 64.2 Å². The summed E-state index contributed by atoms with van der Waals surface area (Å²) in [4.78, 5) is 13.0. The highest BCUT2D eigenvalue weighted by Crippen LogP contribution is 2.26. The second-order valence-electron chi connectivity index (χ2n) is 18.3. The third-order valence-corrected chi connectivity index (χ3v) is 12.1. The van der Waals surface area contributed by atoms with E-state index < -0.39 is 86.7 Å². The van der Waals surface area contributed by atoms with Crippen LogP contribution in [-0.2, 0) is 33.2 Å². The number of ether oxygens (including phenoxy) is 6. The van der Waals surface area contributed by atoms with Crippen molar-refractivity contribution >= 4 is 5.97 Å². The number of hydrogen-bond acceptors (Lipinski definition) is 14. The van der Waals surface area contributed by atoms with E-state index in [-0.39, 0.29) is 19.6 Å². The zero-order valence-corrected chi connectivity index (χ0v) is 43.2. The van der Waals surface area contributed by atoms with Gasteiger partial charge in [0, 0.05) is 13.0 Å². The van der Waals surface area contributed by atoms with Crippen LogP contribution >= 0.6 is 0 Å². The Morgan fingerprint density at radius 2 is 0.915 bits per heavy atom. The van der Waals surface area contributed by atoms with Crippen molar-refractivity contribution in [2.45, 2.75) is 223 Å². The molecule has 0 aromatic rings. The van der Waals surface area contributed by atoms with Crippen molar-refractivity contribution in [2.24, 2.45) is 0 Å². The third kappa shape index (κ3) is 30.6. The van der Waals surface area contributed by atoms with Gasteiger partial charge in [-0.2, -0.15) is 0 Å². The molecule has 0 saturated carbocycles. The molecule has 2 aliphatic rings. The normalized spacial score (nSPS) is 26.1. The van der Waals surface area contributed by atoms with Crippen LogP contribution in [0.4, 0.5) is 0 Å². The second kappa shape index (κ2) is 43.3. The zero-order chi connectivity index (χ0) is 51.6. The lowest BCUT2D eigenvalue weighted by Crippen LogP contribution is -2.61. The van der Waals surface area contributed by atoms with Gasteiger partial charge in [-0.15, -0.1) is 0 Å². The fourth-order valence-electron chi connectivity index (χ4n) is 7.73. The van der Waals surface area contributed by atoms with Crippen molar-refractivity contribution in [1.82, 2.24) is 0 Å². The van der Waals surface area contributed by atoms with Gasteiger partial charge in [-0.05, 0) is 96.3 Å². The predicted molar refractivity (Wildman–Crippen MR) is 279 cm³/mol. The lowest BCUT2D eigenvalue weighted by atomic mass is 9.98. The maximum atomic E-state index is 13.0. The minimum atomic E-state index is -1.72. The Morgan fingerprint density at radius 3 is 1.44 bits per heavy atom. The van der Waals surface area contributed by atoms with Gasteiger partial charge >= 0.3 is 5.97 Å². The minimum absolute atomic E-state index is 0.0265. The highest BCUT2D eigenvalue weighted by atomic mass is 16.7. The summed E-state index contributed by atoms with van der Waals surface area (Å²) < 4.78 is 34.2. The van der Waals surface area contributed by atoms with E-state index in [0.29, 0.717) is 13.0 Å². The topological polar surface area (TPSA) is 214 Å². The van der Waals surface area contributed by atoms with E-state index in [4.69, 9.17) is 28.4 Å². The van der Waals surface area contributed by atoms with E-state index in [2.05, 4.69) is 111 Å². The van der Waals surface area contributed by atoms with Crippen LogP contribution in [0.2, 0.25) is 0 Å². The highest BCUT2D eigenvalue weighted by Gasteiger charge is 2.47. The third-order valence-electron chi connectivity index (χ3n) is 12.1. The molecule has 11 atom stereocenters. The van der Waals surface area contributed by atoms with Crippen molar-refractivity contribution in [1.29, 1.82) is 0 Å². The number of allylic oxidation sites excluding steroid dienone is 16. The number of rotatable bonds is 41. The van der Waals surface area contributed by atoms with E-state index in [1.165, 1.54) is 19.3 Å². The molecule has 0 aromatic carbocycles. The summed E-state index contributed by atoms with van der Waals surface area (Å²) in [6.07, 6.45) is 40.4. The molecular formula is C57H94O14. The van der Waals surface area contributed by atoms with E-state index >= 15 is 0 Å². The highest BCUT2D eigenvalue weighted by molar-refractivity contribution is 5.69. The summed E-state index contributed by atoms with van der Waals surface area (Å²) in [5.74, 6) is -0.407. The van der Waals surface area contributed by atoms with Crippen LogP contribution in [0.1, 0.15) is 155 Å². The average Bonchev–Trinajstić information content (AvgIpc) is 3.37. The number of carbonyl (C=O) groups excluding carboxylic acids is 1. The van der Waals surface area contributed by atoms with E-state index in [1.807, 2.05) is 0 Å². The molecule has 2 rings (SSSR count). The molecule has 0 aromatic heterocycles. The molecule has 0 aliphatic carbocycles. The van der Waals surface area contributed by atoms with Crippen LogP contribution < -0.4 is 0 Å². The van der Waals surface area contributed by atoms with Gasteiger partial charge in [0.05, 0.1) is 26.4 Å². The molecule has 2 aliphatic heterocycles. The Balaban J connectivity index is 1.78. The summed E-state index contributed by atoms with van der Waals surface area (Å²) >= 11 is 0. The van der Waals surface area contributed by atoms with Crippen LogP contribution in [0.3, 0.4) is 0 Å². The first-order valence-electron chi connectivity index (χ1n) is 26.8. The van der Waals surface area contributed by atoms with Gasteiger partial charge in [-0.3, -0.25) is 4.79 Å². The summed E-state index contributed by atoms with van der Waals surface area (Å²) in [5, 5.41) is 72.2. The van der Waals surface area contributed by atoms with Gasteiger partial charge in [-0.25, -0.2) is 0 Å².